The summed E-state index contributed by atoms with van der Waals surface area (Å²) in [6, 6.07) is 13.7. The summed E-state index contributed by atoms with van der Waals surface area (Å²) in [6.07, 6.45) is 4.18. The van der Waals surface area contributed by atoms with E-state index >= 15 is 0 Å². The summed E-state index contributed by atoms with van der Waals surface area (Å²) in [7, 11) is -1.80. The van der Waals surface area contributed by atoms with Gasteiger partial charge in [0.1, 0.15) is 5.75 Å². The maximum atomic E-state index is 12.2. The van der Waals surface area contributed by atoms with Crippen LogP contribution in [0, 0.1) is 0 Å². The van der Waals surface area contributed by atoms with E-state index in [1.807, 2.05) is 24.3 Å². The predicted molar refractivity (Wildman–Crippen MR) is 91.3 cm³/mol. The first-order valence-electron chi connectivity index (χ1n) is 6.82. The van der Waals surface area contributed by atoms with Gasteiger partial charge in [-0.05, 0) is 35.9 Å². The molecule has 5 nitrogen and oxygen atoms in total. The van der Waals surface area contributed by atoms with Crippen LogP contribution in [0.1, 0.15) is 15.9 Å². The average Bonchev–Trinajstić information content (AvgIpc) is 2.51. The van der Waals surface area contributed by atoms with Crippen molar-refractivity contribution in [3.63, 3.8) is 0 Å². The van der Waals surface area contributed by atoms with Crippen molar-refractivity contribution in [1.29, 1.82) is 0 Å². The standard InChI is InChI=1S/C17H17NO4S/c1-22-16-8-3-5-13(11-16)9-10-17(19)14-6-4-7-15(12-14)18-23(2,20)21/h3-12,18H,1-2H3/b10-9+. The van der Waals surface area contributed by atoms with E-state index in [0.29, 0.717) is 17.0 Å². The number of hydrogen-bond donors (Lipinski definition) is 1. The molecule has 2 aromatic rings. The normalized spacial score (nSPS) is 11.4. The van der Waals surface area contributed by atoms with Crippen molar-refractivity contribution in [2.24, 2.45) is 0 Å². The molecular formula is C17H17NO4S. The van der Waals surface area contributed by atoms with E-state index in [9.17, 15) is 13.2 Å². The Hall–Kier alpha value is -2.60. The van der Waals surface area contributed by atoms with Gasteiger partial charge in [0.15, 0.2) is 5.78 Å². The van der Waals surface area contributed by atoms with Gasteiger partial charge in [-0.1, -0.05) is 30.3 Å². The highest BCUT2D eigenvalue weighted by atomic mass is 32.2. The number of nitrogens with one attached hydrogen (secondary N) is 1. The lowest BCUT2D eigenvalue weighted by Gasteiger charge is -2.05. The van der Waals surface area contributed by atoms with Gasteiger partial charge in [-0.25, -0.2) is 8.42 Å². The van der Waals surface area contributed by atoms with E-state index in [0.717, 1.165) is 11.8 Å². The minimum Gasteiger partial charge on any atom is -0.497 e. The summed E-state index contributed by atoms with van der Waals surface area (Å²) >= 11 is 0. The first kappa shape index (κ1) is 16.8. The molecule has 0 aliphatic heterocycles. The van der Waals surface area contributed by atoms with E-state index < -0.39 is 10.0 Å². The first-order chi connectivity index (χ1) is 10.9. The fourth-order valence-corrected chi connectivity index (χ4v) is 2.52. The second kappa shape index (κ2) is 7.11. The van der Waals surface area contributed by atoms with Crippen molar-refractivity contribution in [3.05, 3.63) is 65.7 Å². The van der Waals surface area contributed by atoms with Gasteiger partial charge < -0.3 is 4.74 Å². The zero-order chi connectivity index (χ0) is 16.9. The second-order valence-corrected chi connectivity index (χ2v) is 6.68. The predicted octanol–water partition coefficient (Wildman–Crippen LogP) is 2.96. The Morgan fingerprint density at radius 3 is 2.57 bits per heavy atom. The quantitative estimate of drug-likeness (QED) is 0.652. The molecule has 0 aliphatic carbocycles. The zero-order valence-corrected chi connectivity index (χ0v) is 13.6. The van der Waals surface area contributed by atoms with Crippen LogP contribution in [-0.4, -0.2) is 27.6 Å². The number of sulfonamides is 1. The molecule has 0 unspecified atom stereocenters. The molecule has 0 amide bonds. The van der Waals surface area contributed by atoms with Gasteiger partial charge in [-0.3, -0.25) is 9.52 Å². The SMILES string of the molecule is COc1cccc(/C=C/C(=O)c2cccc(NS(C)(=O)=O)c2)c1. The van der Waals surface area contributed by atoms with Crippen molar-refractivity contribution >= 4 is 27.6 Å². The number of rotatable bonds is 6. The number of carbonyl (C=O) groups is 1. The third-order valence-corrected chi connectivity index (χ3v) is 3.58. The van der Waals surface area contributed by atoms with Crippen LogP contribution in [0.2, 0.25) is 0 Å². The summed E-state index contributed by atoms with van der Waals surface area (Å²) in [6.45, 7) is 0. The van der Waals surface area contributed by atoms with Gasteiger partial charge in [0.25, 0.3) is 0 Å². The molecule has 0 fully saturated rings. The second-order valence-electron chi connectivity index (χ2n) is 4.93. The van der Waals surface area contributed by atoms with E-state index in [1.54, 1.807) is 31.4 Å². The highest BCUT2D eigenvalue weighted by Gasteiger charge is 2.06. The van der Waals surface area contributed by atoms with Crippen molar-refractivity contribution in [2.75, 3.05) is 18.1 Å². The minimum absolute atomic E-state index is 0.218. The third kappa shape index (κ3) is 5.27. The molecule has 0 bridgehead atoms. The van der Waals surface area contributed by atoms with Crippen LogP contribution < -0.4 is 9.46 Å². The molecular weight excluding hydrogens is 314 g/mol. The molecule has 0 spiro atoms. The monoisotopic (exact) mass is 331 g/mol. The van der Waals surface area contributed by atoms with Crippen molar-refractivity contribution < 1.29 is 17.9 Å². The Balaban J connectivity index is 2.17. The number of ketones is 1. The van der Waals surface area contributed by atoms with Crippen LogP contribution >= 0.6 is 0 Å². The molecule has 1 N–H and O–H groups in total. The van der Waals surface area contributed by atoms with Gasteiger partial charge in [-0.15, -0.1) is 0 Å². The number of carbonyl (C=O) groups excluding carboxylic acids is 1. The first-order valence-corrected chi connectivity index (χ1v) is 8.71. The molecule has 23 heavy (non-hydrogen) atoms. The molecule has 2 aromatic carbocycles. The number of ether oxygens (including phenoxy) is 1. The van der Waals surface area contributed by atoms with E-state index in [4.69, 9.17) is 4.74 Å². The minimum atomic E-state index is -3.38. The molecule has 0 saturated heterocycles. The Morgan fingerprint density at radius 1 is 1.13 bits per heavy atom. The van der Waals surface area contributed by atoms with Crippen molar-refractivity contribution in [1.82, 2.24) is 0 Å². The summed E-state index contributed by atoms with van der Waals surface area (Å²) < 4.78 is 29.9. The topological polar surface area (TPSA) is 72.5 Å². The number of benzene rings is 2. The van der Waals surface area contributed by atoms with Gasteiger partial charge in [0.05, 0.1) is 13.4 Å². The molecule has 0 saturated carbocycles. The maximum Gasteiger partial charge on any atom is 0.229 e. The Morgan fingerprint density at radius 2 is 1.87 bits per heavy atom. The van der Waals surface area contributed by atoms with Crippen LogP contribution in [-0.2, 0) is 10.0 Å². The highest BCUT2D eigenvalue weighted by molar-refractivity contribution is 7.92. The lowest BCUT2D eigenvalue weighted by molar-refractivity contribution is 0.104. The van der Waals surface area contributed by atoms with Crippen molar-refractivity contribution in [2.45, 2.75) is 0 Å². The van der Waals surface area contributed by atoms with Gasteiger partial charge >= 0.3 is 0 Å². The fourth-order valence-electron chi connectivity index (χ4n) is 1.96. The number of anilines is 1. The van der Waals surface area contributed by atoms with Crippen LogP contribution in [0.4, 0.5) is 5.69 Å². The summed E-state index contributed by atoms with van der Waals surface area (Å²) in [4.78, 5) is 12.2. The molecule has 0 atom stereocenters. The van der Waals surface area contributed by atoms with Crippen LogP contribution in [0.15, 0.2) is 54.6 Å². The number of allylic oxidation sites excluding steroid dienone is 1. The largest absolute Gasteiger partial charge is 0.497 e. The van der Waals surface area contributed by atoms with Crippen LogP contribution in [0.3, 0.4) is 0 Å². The van der Waals surface area contributed by atoms with Crippen molar-refractivity contribution in [3.8, 4) is 5.75 Å². The molecule has 0 heterocycles. The van der Waals surface area contributed by atoms with E-state index in [2.05, 4.69) is 4.72 Å². The lowest BCUT2D eigenvalue weighted by atomic mass is 10.1. The number of methoxy groups -OCH3 is 1. The summed E-state index contributed by atoms with van der Waals surface area (Å²) in [5, 5.41) is 0. The zero-order valence-electron chi connectivity index (χ0n) is 12.8. The van der Waals surface area contributed by atoms with Crippen LogP contribution in [0.5, 0.6) is 5.75 Å². The maximum absolute atomic E-state index is 12.2. The summed E-state index contributed by atoms with van der Waals surface area (Å²) in [5.41, 5.74) is 1.59. The molecule has 120 valence electrons. The Labute approximate surface area is 135 Å². The Kier molecular flexibility index (Phi) is 5.18. The Bertz CT molecular complexity index is 841. The molecule has 0 radical (unpaired) electrons. The molecule has 0 aromatic heterocycles. The number of hydrogen-bond acceptors (Lipinski definition) is 4. The van der Waals surface area contributed by atoms with E-state index in [1.165, 1.54) is 12.1 Å². The van der Waals surface area contributed by atoms with E-state index in [-0.39, 0.29) is 5.78 Å². The third-order valence-electron chi connectivity index (χ3n) is 2.97. The van der Waals surface area contributed by atoms with Gasteiger partial charge in [0.2, 0.25) is 10.0 Å². The fraction of sp³-hybridized carbons (Fsp3) is 0.118. The van der Waals surface area contributed by atoms with Gasteiger partial charge in [0, 0.05) is 11.3 Å². The average molecular weight is 331 g/mol. The smallest absolute Gasteiger partial charge is 0.229 e. The lowest BCUT2D eigenvalue weighted by Crippen LogP contribution is -2.10. The summed E-state index contributed by atoms with van der Waals surface area (Å²) in [5.74, 6) is 0.490. The van der Waals surface area contributed by atoms with Gasteiger partial charge in [-0.2, -0.15) is 0 Å². The molecule has 0 aliphatic rings. The molecule has 2 rings (SSSR count). The molecule has 6 heteroatoms. The highest BCUT2D eigenvalue weighted by Crippen LogP contribution is 2.16. The van der Waals surface area contributed by atoms with Crippen LogP contribution in [0.25, 0.3) is 6.08 Å².